The molecule has 0 unspecified atom stereocenters. The number of ether oxygens (including phenoxy) is 1. The fraction of sp³-hybridized carbons (Fsp3) is 0.541. The highest BCUT2D eigenvalue weighted by atomic mass is 16.7. The van der Waals surface area contributed by atoms with Crippen molar-refractivity contribution >= 4 is 22.2 Å². The number of hydrogen-bond acceptors (Lipinski definition) is 8. The van der Waals surface area contributed by atoms with Crippen LogP contribution in [0, 0.1) is 0 Å². The van der Waals surface area contributed by atoms with Crippen LogP contribution in [0.3, 0.4) is 0 Å². The lowest BCUT2D eigenvalue weighted by molar-refractivity contribution is -0.0598. The Kier molecular flexibility index (Phi) is 15.6. The van der Waals surface area contributed by atoms with Gasteiger partial charge in [-0.05, 0) is 106 Å². The Morgan fingerprint density at radius 3 is 1.60 bits per heavy atom. The molecule has 5 rings (SSSR count). The van der Waals surface area contributed by atoms with E-state index in [1.165, 1.54) is 9.69 Å². The van der Waals surface area contributed by atoms with Crippen LogP contribution in [0.25, 0.3) is 22.2 Å². The number of para-hydroxylation sites is 2. The van der Waals surface area contributed by atoms with Crippen molar-refractivity contribution < 1.29 is 14.4 Å². The second kappa shape index (κ2) is 18.8. The molecular weight excluding hydrogens is 590 g/mol. The molecule has 0 radical (unpaired) electrons. The van der Waals surface area contributed by atoms with Crippen molar-refractivity contribution in [1.82, 2.24) is 35.3 Å². The highest BCUT2D eigenvalue weighted by molar-refractivity contribution is 5.73. The summed E-state index contributed by atoms with van der Waals surface area (Å²) >= 11 is 0. The van der Waals surface area contributed by atoms with Gasteiger partial charge in [-0.2, -0.15) is 0 Å². The van der Waals surface area contributed by atoms with Crippen LogP contribution in [-0.2, 0) is 0 Å². The Balaban J connectivity index is 0.000000240. The number of hydrogen-bond donors (Lipinski definition) is 0. The minimum absolute atomic E-state index is 0.0125. The van der Waals surface area contributed by atoms with E-state index in [-0.39, 0.29) is 16.8 Å². The summed E-state index contributed by atoms with van der Waals surface area (Å²) in [6.45, 7) is 23.0. The molecule has 2 aromatic carbocycles. The van der Waals surface area contributed by atoms with Crippen LogP contribution >= 0.6 is 0 Å². The van der Waals surface area contributed by atoms with Crippen molar-refractivity contribution in [3.05, 3.63) is 72.9 Å². The van der Waals surface area contributed by atoms with Gasteiger partial charge in [0.1, 0.15) is 39.1 Å². The molecule has 0 fully saturated rings. The topological polar surface area (TPSA) is 102 Å². The molecule has 3 heterocycles. The van der Waals surface area contributed by atoms with E-state index in [0.29, 0.717) is 5.65 Å². The van der Waals surface area contributed by atoms with E-state index < -0.39 is 0 Å². The zero-order valence-electron chi connectivity index (χ0n) is 30.5. The van der Waals surface area contributed by atoms with E-state index in [1.54, 1.807) is 6.20 Å². The average Bonchev–Trinajstić information content (AvgIpc) is 3.73. The lowest BCUT2D eigenvalue weighted by Crippen LogP contribution is -2.37. The number of nitrogens with zero attached hydrogens (tertiary/aromatic N) is 7. The van der Waals surface area contributed by atoms with E-state index in [4.69, 9.17) is 14.4 Å². The first-order chi connectivity index (χ1) is 22.6. The average molecular weight is 648 g/mol. The molecular formula is C37H57N7O3. The van der Waals surface area contributed by atoms with E-state index in [0.717, 1.165) is 60.8 Å². The van der Waals surface area contributed by atoms with Gasteiger partial charge in [-0.1, -0.05) is 95.4 Å². The van der Waals surface area contributed by atoms with Crippen molar-refractivity contribution in [1.29, 1.82) is 0 Å². The van der Waals surface area contributed by atoms with Gasteiger partial charge in [0.15, 0.2) is 0 Å². The minimum atomic E-state index is -0.224. The van der Waals surface area contributed by atoms with Crippen molar-refractivity contribution in [3.8, 4) is 5.75 Å². The lowest BCUT2D eigenvalue weighted by Gasteiger charge is -2.28. The first-order valence-corrected chi connectivity index (χ1v) is 17.2. The summed E-state index contributed by atoms with van der Waals surface area (Å²) in [5.74, 6) is 0.966. The summed E-state index contributed by atoms with van der Waals surface area (Å²) in [5, 5.41) is 16.0. The standard InChI is InChI=1S/C12H17N3O.C12H18O.C11H16N4O.C2H6/c1-4-12(3,5-2)16-15-11-9-7-6-8-10(11)13-14-15;1-4-12(3,5-2)13-11-9-7-6-8-10-11;1-4-11(3,5-2)16-15-10-9(13-14-15)7-6-8-12-10;1-2/h6-9H,4-5H2,1-3H3;6-10H,4-5H2,1-3H3;6-8H,4-5H2,1-3H3;1-2H3. The number of fused-ring (bicyclic) bond motifs is 2. The Bertz CT molecular complexity index is 1470. The highest BCUT2D eigenvalue weighted by Gasteiger charge is 2.25. The SMILES string of the molecule is CC.CCC(C)(CC)Oc1ccccc1.CCC(C)(CC)On1nnc2ccccc21.CCC(C)(CC)On1nnc2cccnc21. The third-order valence-electron chi connectivity index (χ3n) is 8.71. The van der Waals surface area contributed by atoms with Crippen LogP contribution in [0.15, 0.2) is 72.9 Å². The van der Waals surface area contributed by atoms with Gasteiger partial charge in [-0.15, -0.1) is 10.2 Å². The molecule has 0 aliphatic rings. The first-order valence-electron chi connectivity index (χ1n) is 17.2. The summed E-state index contributed by atoms with van der Waals surface area (Å²) < 4.78 is 5.90. The molecule has 5 aromatic rings. The molecule has 10 heteroatoms. The first kappa shape index (κ1) is 39.0. The Morgan fingerprint density at radius 1 is 0.553 bits per heavy atom. The van der Waals surface area contributed by atoms with Crippen LogP contribution in [0.1, 0.15) is 115 Å². The maximum Gasteiger partial charge on any atom is 0.219 e. The number of pyridine rings is 1. The highest BCUT2D eigenvalue weighted by Crippen LogP contribution is 2.23. The quantitative estimate of drug-likeness (QED) is 0.132. The Morgan fingerprint density at radius 2 is 1.02 bits per heavy atom. The van der Waals surface area contributed by atoms with Crippen molar-refractivity contribution in [2.24, 2.45) is 0 Å². The Labute approximate surface area is 281 Å². The zero-order valence-corrected chi connectivity index (χ0v) is 30.5. The molecule has 0 saturated carbocycles. The normalized spacial score (nSPS) is 11.4. The number of rotatable bonds is 12. The summed E-state index contributed by atoms with van der Waals surface area (Å²) in [4.78, 5) is 18.9. The monoisotopic (exact) mass is 647 g/mol. The molecule has 0 bridgehead atoms. The molecule has 3 aromatic heterocycles. The van der Waals surface area contributed by atoms with Gasteiger partial charge in [-0.3, -0.25) is 0 Å². The summed E-state index contributed by atoms with van der Waals surface area (Å²) in [6, 6.07) is 21.5. The van der Waals surface area contributed by atoms with Crippen molar-refractivity contribution in [2.75, 3.05) is 0 Å². The van der Waals surface area contributed by atoms with Gasteiger partial charge in [0, 0.05) is 6.20 Å². The molecule has 0 amide bonds. The largest absolute Gasteiger partial charge is 0.488 e. The van der Waals surface area contributed by atoms with E-state index in [2.05, 4.69) is 87.9 Å². The molecule has 0 atom stereocenters. The molecule has 258 valence electrons. The Hall–Kier alpha value is -4.21. The molecule has 0 N–H and O–H groups in total. The summed E-state index contributed by atoms with van der Waals surface area (Å²) in [5.41, 5.74) is 2.76. The predicted octanol–water partition coefficient (Wildman–Crippen LogP) is 8.94. The second-order valence-electron chi connectivity index (χ2n) is 11.8. The van der Waals surface area contributed by atoms with Gasteiger partial charge in [0.05, 0.1) is 0 Å². The van der Waals surface area contributed by atoms with Crippen LogP contribution in [0.2, 0.25) is 0 Å². The van der Waals surface area contributed by atoms with Crippen LogP contribution in [-0.4, -0.2) is 52.1 Å². The number of benzene rings is 2. The fourth-order valence-corrected chi connectivity index (χ4v) is 4.06. The molecule has 47 heavy (non-hydrogen) atoms. The predicted molar refractivity (Wildman–Crippen MR) is 191 cm³/mol. The smallest absolute Gasteiger partial charge is 0.219 e. The summed E-state index contributed by atoms with van der Waals surface area (Å²) in [7, 11) is 0. The molecule has 10 nitrogen and oxygen atoms in total. The zero-order chi connectivity index (χ0) is 34.9. The van der Waals surface area contributed by atoms with E-state index in [1.807, 2.05) is 80.6 Å². The molecule has 0 aliphatic heterocycles. The molecule has 0 aliphatic carbocycles. The number of aromatic nitrogens is 7. The van der Waals surface area contributed by atoms with Crippen LogP contribution in [0.4, 0.5) is 0 Å². The van der Waals surface area contributed by atoms with Gasteiger partial charge in [0.25, 0.3) is 0 Å². The van der Waals surface area contributed by atoms with Crippen molar-refractivity contribution in [2.45, 2.75) is 131 Å². The maximum absolute atomic E-state index is 5.90. The van der Waals surface area contributed by atoms with Crippen LogP contribution in [0.5, 0.6) is 5.75 Å². The molecule has 0 saturated heterocycles. The third kappa shape index (κ3) is 11.2. The van der Waals surface area contributed by atoms with Gasteiger partial charge < -0.3 is 14.4 Å². The van der Waals surface area contributed by atoms with Crippen LogP contribution < -0.4 is 14.4 Å². The third-order valence-corrected chi connectivity index (χ3v) is 8.71. The second-order valence-corrected chi connectivity index (χ2v) is 11.8. The van der Waals surface area contributed by atoms with Crippen molar-refractivity contribution in [3.63, 3.8) is 0 Å². The van der Waals surface area contributed by atoms with E-state index >= 15 is 0 Å². The van der Waals surface area contributed by atoms with E-state index in [9.17, 15) is 0 Å². The summed E-state index contributed by atoms with van der Waals surface area (Å²) in [6.07, 6.45) is 7.50. The molecule has 0 spiro atoms. The van der Waals surface area contributed by atoms with Gasteiger partial charge in [-0.25, -0.2) is 4.98 Å². The minimum Gasteiger partial charge on any atom is -0.488 e. The van der Waals surface area contributed by atoms with Gasteiger partial charge in [0.2, 0.25) is 5.65 Å². The lowest BCUT2D eigenvalue weighted by atomic mass is 10.00. The fourth-order valence-electron chi connectivity index (χ4n) is 4.06. The maximum atomic E-state index is 5.90. The van der Waals surface area contributed by atoms with Gasteiger partial charge >= 0.3 is 0 Å².